The summed E-state index contributed by atoms with van der Waals surface area (Å²) < 4.78 is 5.76. The number of carboxylic acid groups (broad SMARTS) is 1. The third kappa shape index (κ3) is 4.09. The van der Waals surface area contributed by atoms with Crippen molar-refractivity contribution in [3.8, 4) is 0 Å². The van der Waals surface area contributed by atoms with Gasteiger partial charge in [-0.25, -0.2) is 4.79 Å². The molecule has 2 aliphatic rings. The van der Waals surface area contributed by atoms with Crippen molar-refractivity contribution in [1.82, 2.24) is 10.2 Å². The second-order valence-corrected chi connectivity index (χ2v) is 6.35. The van der Waals surface area contributed by atoms with Gasteiger partial charge in [0, 0.05) is 12.6 Å². The van der Waals surface area contributed by atoms with E-state index in [0.717, 1.165) is 25.7 Å². The van der Waals surface area contributed by atoms with Gasteiger partial charge in [-0.3, -0.25) is 4.79 Å². The number of carbonyl (C=O) groups is 2. The molecule has 0 radical (unpaired) electrons. The fourth-order valence-electron chi connectivity index (χ4n) is 3.23. The van der Waals surface area contributed by atoms with Gasteiger partial charge in [0.1, 0.15) is 0 Å². The van der Waals surface area contributed by atoms with E-state index in [9.17, 15) is 9.59 Å². The Bertz CT molecular complexity index is 384. The molecule has 0 aromatic carbocycles. The SMILES string of the molecule is CC(C)C(CC(=O)O)NC(=O)N1CCOC2CCCCC21. The Balaban J connectivity index is 1.98. The molecular weight excluding hydrogens is 272 g/mol. The van der Waals surface area contributed by atoms with Crippen LogP contribution in [0.4, 0.5) is 4.79 Å². The molecule has 3 unspecified atom stereocenters. The highest BCUT2D eigenvalue weighted by atomic mass is 16.5. The van der Waals surface area contributed by atoms with Crippen molar-refractivity contribution in [1.29, 1.82) is 0 Å². The van der Waals surface area contributed by atoms with E-state index in [1.54, 1.807) is 0 Å². The number of aliphatic carboxylic acids is 1. The molecule has 2 fully saturated rings. The smallest absolute Gasteiger partial charge is 0.318 e. The molecule has 6 heteroatoms. The van der Waals surface area contributed by atoms with Crippen molar-refractivity contribution in [2.24, 2.45) is 5.92 Å². The number of rotatable bonds is 4. The molecule has 21 heavy (non-hydrogen) atoms. The van der Waals surface area contributed by atoms with Gasteiger partial charge in [0.15, 0.2) is 0 Å². The third-order valence-electron chi connectivity index (χ3n) is 4.50. The summed E-state index contributed by atoms with van der Waals surface area (Å²) in [6.45, 7) is 5.01. The van der Waals surface area contributed by atoms with Crippen LogP contribution in [0.15, 0.2) is 0 Å². The molecule has 1 saturated carbocycles. The molecule has 0 spiro atoms. The van der Waals surface area contributed by atoms with Crippen molar-refractivity contribution in [3.05, 3.63) is 0 Å². The fraction of sp³-hybridized carbons (Fsp3) is 0.867. The van der Waals surface area contributed by atoms with Crippen molar-refractivity contribution in [2.45, 2.75) is 64.1 Å². The van der Waals surface area contributed by atoms with E-state index < -0.39 is 5.97 Å². The predicted molar refractivity (Wildman–Crippen MR) is 78.1 cm³/mol. The number of hydrogen-bond acceptors (Lipinski definition) is 3. The zero-order chi connectivity index (χ0) is 15.4. The lowest BCUT2D eigenvalue weighted by Gasteiger charge is -2.44. The van der Waals surface area contributed by atoms with Crippen LogP contribution in [-0.4, -0.2) is 53.3 Å². The van der Waals surface area contributed by atoms with E-state index in [4.69, 9.17) is 9.84 Å². The first kappa shape index (κ1) is 16.1. The summed E-state index contributed by atoms with van der Waals surface area (Å²) in [6.07, 6.45) is 4.37. The third-order valence-corrected chi connectivity index (χ3v) is 4.50. The molecule has 2 N–H and O–H groups in total. The summed E-state index contributed by atoms with van der Waals surface area (Å²) >= 11 is 0. The summed E-state index contributed by atoms with van der Waals surface area (Å²) in [4.78, 5) is 25.3. The molecular formula is C15H26N2O4. The Kier molecular flexibility index (Phi) is 5.45. The number of urea groups is 1. The number of hydrogen-bond donors (Lipinski definition) is 2. The molecule has 0 bridgehead atoms. The normalized spacial score (nSPS) is 27.1. The van der Waals surface area contributed by atoms with Crippen LogP contribution in [0.5, 0.6) is 0 Å². The van der Waals surface area contributed by atoms with E-state index in [1.165, 1.54) is 0 Å². The maximum Gasteiger partial charge on any atom is 0.318 e. The first-order chi connectivity index (χ1) is 9.99. The molecule has 0 aromatic rings. The van der Waals surface area contributed by atoms with Gasteiger partial charge in [-0.1, -0.05) is 26.7 Å². The van der Waals surface area contributed by atoms with E-state index in [1.807, 2.05) is 18.7 Å². The van der Waals surface area contributed by atoms with Crippen molar-refractivity contribution < 1.29 is 19.4 Å². The molecule has 3 atom stereocenters. The molecule has 2 rings (SSSR count). The van der Waals surface area contributed by atoms with Gasteiger partial charge < -0.3 is 20.1 Å². The van der Waals surface area contributed by atoms with E-state index in [0.29, 0.717) is 13.2 Å². The van der Waals surface area contributed by atoms with Gasteiger partial charge in [-0.15, -0.1) is 0 Å². The maximum atomic E-state index is 12.5. The summed E-state index contributed by atoms with van der Waals surface area (Å²) in [5.41, 5.74) is 0. The molecule has 1 aliphatic heterocycles. The van der Waals surface area contributed by atoms with Crippen molar-refractivity contribution in [3.63, 3.8) is 0 Å². The minimum absolute atomic E-state index is 0.0398. The highest BCUT2D eigenvalue weighted by Gasteiger charge is 2.37. The molecule has 0 aromatic heterocycles. The zero-order valence-corrected chi connectivity index (χ0v) is 12.9. The largest absolute Gasteiger partial charge is 0.481 e. The minimum atomic E-state index is -0.883. The van der Waals surface area contributed by atoms with Crippen LogP contribution >= 0.6 is 0 Å². The van der Waals surface area contributed by atoms with E-state index >= 15 is 0 Å². The molecule has 1 aliphatic carbocycles. The van der Waals surface area contributed by atoms with Gasteiger partial charge in [0.2, 0.25) is 0 Å². The van der Waals surface area contributed by atoms with Crippen LogP contribution in [0.1, 0.15) is 46.0 Å². The van der Waals surface area contributed by atoms with Crippen molar-refractivity contribution in [2.75, 3.05) is 13.2 Å². The Morgan fingerprint density at radius 2 is 2.05 bits per heavy atom. The average Bonchev–Trinajstić information content (AvgIpc) is 2.45. The Labute approximate surface area is 125 Å². The number of nitrogens with one attached hydrogen (secondary N) is 1. The number of morpholine rings is 1. The quantitative estimate of drug-likeness (QED) is 0.830. The summed E-state index contributed by atoms with van der Waals surface area (Å²) in [7, 11) is 0. The van der Waals surface area contributed by atoms with Crippen molar-refractivity contribution >= 4 is 12.0 Å². The topological polar surface area (TPSA) is 78.9 Å². The first-order valence-electron chi connectivity index (χ1n) is 7.89. The molecule has 1 heterocycles. The summed E-state index contributed by atoms with van der Waals surface area (Å²) in [6, 6.07) is -0.333. The van der Waals surface area contributed by atoms with Gasteiger partial charge in [-0.2, -0.15) is 0 Å². The van der Waals surface area contributed by atoms with E-state index in [2.05, 4.69) is 5.32 Å². The molecule has 2 amide bonds. The number of carboxylic acids is 1. The minimum Gasteiger partial charge on any atom is -0.481 e. The number of fused-ring (bicyclic) bond motifs is 1. The van der Waals surface area contributed by atoms with Gasteiger partial charge in [0.05, 0.1) is 25.2 Å². The van der Waals surface area contributed by atoms with Crippen LogP contribution in [0, 0.1) is 5.92 Å². The fourth-order valence-corrected chi connectivity index (χ4v) is 3.23. The van der Waals surface area contributed by atoms with Gasteiger partial charge in [-0.05, 0) is 18.8 Å². The molecule has 1 saturated heterocycles. The number of carbonyl (C=O) groups excluding carboxylic acids is 1. The molecule has 120 valence electrons. The zero-order valence-electron chi connectivity index (χ0n) is 12.9. The Hall–Kier alpha value is -1.30. The Morgan fingerprint density at radius 1 is 1.33 bits per heavy atom. The van der Waals surface area contributed by atoms with Crippen LogP contribution in [0.3, 0.4) is 0 Å². The first-order valence-corrected chi connectivity index (χ1v) is 7.89. The average molecular weight is 298 g/mol. The highest BCUT2D eigenvalue weighted by molar-refractivity contribution is 5.76. The second kappa shape index (κ2) is 7.11. The second-order valence-electron chi connectivity index (χ2n) is 6.35. The summed E-state index contributed by atoms with van der Waals surface area (Å²) in [5, 5.41) is 11.9. The van der Waals surface area contributed by atoms with Crippen LogP contribution in [-0.2, 0) is 9.53 Å². The van der Waals surface area contributed by atoms with E-state index in [-0.39, 0.29) is 36.6 Å². The lowest BCUT2D eigenvalue weighted by atomic mass is 9.90. The predicted octanol–water partition coefficient (Wildman–Crippen LogP) is 1.84. The standard InChI is InChI=1S/C15H26N2O4/c1-10(2)11(9-14(18)19)16-15(20)17-7-8-21-13-6-4-3-5-12(13)17/h10-13H,3-9H2,1-2H3,(H,16,20)(H,18,19). The maximum absolute atomic E-state index is 12.5. The highest BCUT2D eigenvalue weighted by Crippen LogP contribution is 2.28. The van der Waals surface area contributed by atoms with Crippen LogP contribution < -0.4 is 5.32 Å². The lowest BCUT2D eigenvalue weighted by Crippen LogP contribution is -2.59. The van der Waals surface area contributed by atoms with Gasteiger partial charge in [0.25, 0.3) is 0 Å². The summed E-state index contributed by atoms with van der Waals surface area (Å²) in [5.74, 6) is -0.792. The number of nitrogens with zero attached hydrogens (tertiary/aromatic N) is 1. The van der Waals surface area contributed by atoms with Gasteiger partial charge >= 0.3 is 12.0 Å². The number of amides is 2. The number of ether oxygens (including phenoxy) is 1. The molecule has 6 nitrogen and oxygen atoms in total. The van der Waals surface area contributed by atoms with Crippen LogP contribution in [0.25, 0.3) is 0 Å². The monoisotopic (exact) mass is 298 g/mol. The lowest BCUT2D eigenvalue weighted by molar-refractivity contribution is -0.137. The Morgan fingerprint density at radius 3 is 2.71 bits per heavy atom. The van der Waals surface area contributed by atoms with Crippen LogP contribution in [0.2, 0.25) is 0 Å².